The van der Waals surface area contributed by atoms with Gasteiger partial charge in [0, 0.05) is 16.7 Å². The summed E-state index contributed by atoms with van der Waals surface area (Å²) in [5.74, 6) is -0.0433. The molecular weight excluding hydrogens is 334 g/mol. The molecule has 0 saturated carbocycles. The Balaban J connectivity index is 1.87. The molecule has 3 heteroatoms. The highest BCUT2D eigenvalue weighted by Crippen LogP contribution is 2.30. The van der Waals surface area contributed by atoms with E-state index in [1.807, 2.05) is 83.3 Å². The van der Waals surface area contributed by atoms with Crippen LogP contribution in [0, 0.1) is 0 Å². The van der Waals surface area contributed by atoms with Crippen molar-refractivity contribution in [2.45, 2.75) is 0 Å². The molecule has 0 spiro atoms. The molecule has 5 rings (SSSR count). The van der Waals surface area contributed by atoms with Gasteiger partial charge in [0.25, 0.3) is 0 Å². The molecule has 3 aromatic heterocycles. The van der Waals surface area contributed by atoms with Gasteiger partial charge in [0.2, 0.25) is 5.43 Å². The number of carbonyl (C=O) groups excluding carboxylic acids is 1. The first-order chi connectivity index (χ1) is 13.2. The molecule has 0 aliphatic rings. The predicted molar refractivity (Wildman–Crippen MR) is 108 cm³/mol. The van der Waals surface area contributed by atoms with Crippen LogP contribution in [0.4, 0.5) is 0 Å². The molecule has 2 aromatic carbocycles. The molecule has 0 atom stereocenters. The minimum atomic E-state index is -0.0544. The lowest BCUT2D eigenvalue weighted by molar-refractivity contribution is 0.104. The maximum atomic E-state index is 13.1. The molecule has 0 amide bonds. The van der Waals surface area contributed by atoms with Crippen molar-refractivity contribution in [2.75, 3.05) is 0 Å². The number of hydrogen-bond acceptors (Lipinski definition) is 2. The molecule has 27 heavy (non-hydrogen) atoms. The van der Waals surface area contributed by atoms with E-state index in [1.54, 1.807) is 12.1 Å². The second kappa shape index (κ2) is 5.92. The zero-order valence-corrected chi connectivity index (χ0v) is 14.4. The monoisotopic (exact) mass is 349 g/mol. The number of benzene rings is 2. The second-order valence-electron chi connectivity index (χ2n) is 6.56. The summed E-state index contributed by atoms with van der Waals surface area (Å²) in [5, 5.41) is 0. The van der Waals surface area contributed by atoms with Crippen molar-refractivity contribution in [3.8, 4) is 11.1 Å². The highest BCUT2D eigenvalue weighted by Gasteiger charge is 2.19. The zero-order valence-electron chi connectivity index (χ0n) is 14.4. The highest BCUT2D eigenvalue weighted by molar-refractivity contribution is 6.15. The highest BCUT2D eigenvalue weighted by atomic mass is 16.1. The lowest BCUT2D eigenvalue weighted by Crippen LogP contribution is -2.07. The standard InChI is InChI=1S/C24H15NO2/c26-23-15-18(16-8-3-1-4-9-16)22-14-19(20-12-7-13-21(23)25(20)22)24(27)17-10-5-2-6-11-17/h1-15H. The van der Waals surface area contributed by atoms with Crippen LogP contribution in [0.15, 0.2) is 95.8 Å². The van der Waals surface area contributed by atoms with Crippen molar-refractivity contribution in [2.24, 2.45) is 0 Å². The lowest BCUT2D eigenvalue weighted by atomic mass is 10.0. The SMILES string of the molecule is O=C(c1ccccc1)c1cc2c(-c3ccccc3)cc(=O)c3cccc1n23. The van der Waals surface area contributed by atoms with Crippen LogP contribution < -0.4 is 5.43 Å². The number of ketones is 1. The van der Waals surface area contributed by atoms with E-state index in [2.05, 4.69) is 0 Å². The Hall–Kier alpha value is -3.72. The molecule has 0 aliphatic carbocycles. The molecule has 3 heterocycles. The van der Waals surface area contributed by atoms with Gasteiger partial charge in [-0.1, -0.05) is 66.7 Å². The molecule has 0 N–H and O–H groups in total. The van der Waals surface area contributed by atoms with Gasteiger partial charge in [-0.2, -0.15) is 0 Å². The quantitative estimate of drug-likeness (QED) is 0.439. The fourth-order valence-corrected chi connectivity index (χ4v) is 3.70. The Bertz CT molecular complexity index is 1340. The third-order valence-electron chi connectivity index (χ3n) is 4.96. The zero-order chi connectivity index (χ0) is 18.4. The van der Waals surface area contributed by atoms with E-state index in [0.29, 0.717) is 16.6 Å². The first-order valence-electron chi connectivity index (χ1n) is 8.80. The van der Waals surface area contributed by atoms with E-state index < -0.39 is 0 Å². The average Bonchev–Trinajstić information content (AvgIpc) is 3.12. The molecule has 0 fully saturated rings. The van der Waals surface area contributed by atoms with Gasteiger partial charge in [-0.25, -0.2) is 0 Å². The first kappa shape index (κ1) is 15.5. The van der Waals surface area contributed by atoms with Crippen LogP contribution >= 0.6 is 0 Å². The first-order valence-corrected chi connectivity index (χ1v) is 8.80. The van der Waals surface area contributed by atoms with Crippen LogP contribution in [-0.4, -0.2) is 10.2 Å². The molecular formula is C24H15NO2. The van der Waals surface area contributed by atoms with E-state index in [0.717, 1.165) is 22.2 Å². The second-order valence-corrected chi connectivity index (χ2v) is 6.56. The van der Waals surface area contributed by atoms with E-state index in [-0.39, 0.29) is 11.2 Å². The Labute approximate surface area is 155 Å². The molecule has 0 unspecified atom stereocenters. The van der Waals surface area contributed by atoms with Crippen molar-refractivity contribution in [3.63, 3.8) is 0 Å². The van der Waals surface area contributed by atoms with Crippen molar-refractivity contribution >= 4 is 22.3 Å². The van der Waals surface area contributed by atoms with E-state index in [4.69, 9.17) is 0 Å². The Morgan fingerprint density at radius 1 is 0.667 bits per heavy atom. The molecule has 5 aromatic rings. The van der Waals surface area contributed by atoms with Gasteiger partial charge in [0.05, 0.1) is 16.6 Å². The van der Waals surface area contributed by atoms with Gasteiger partial charge in [-0.15, -0.1) is 0 Å². The van der Waals surface area contributed by atoms with Crippen LogP contribution in [0.2, 0.25) is 0 Å². The minimum Gasteiger partial charge on any atom is -0.305 e. The van der Waals surface area contributed by atoms with Crippen LogP contribution in [0.5, 0.6) is 0 Å². The number of pyridine rings is 2. The van der Waals surface area contributed by atoms with E-state index >= 15 is 0 Å². The van der Waals surface area contributed by atoms with Crippen LogP contribution in [0.1, 0.15) is 15.9 Å². The molecule has 0 saturated heterocycles. The largest absolute Gasteiger partial charge is 0.305 e. The van der Waals surface area contributed by atoms with Gasteiger partial charge in [-0.3, -0.25) is 9.59 Å². The van der Waals surface area contributed by atoms with Gasteiger partial charge in [-0.05, 0) is 29.8 Å². The Morgan fingerprint density at radius 3 is 2.07 bits per heavy atom. The van der Waals surface area contributed by atoms with Crippen molar-refractivity contribution in [3.05, 3.63) is 112 Å². The summed E-state index contributed by atoms with van der Waals surface area (Å²) in [7, 11) is 0. The fourth-order valence-electron chi connectivity index (χ4n) is 3.70. The number of hydrogen-bond donors (Lipinski definition) is 0. The van der Waals surface area contributed by atoms with Crippen molar-refractivity contribution in [1.82, 2.24) is 4.40 Å². The van der Waals surface area contributed by atoms with Crippen molar-refractivity contribution < 1.29 is 4.79 Å². The van der Waals surface area contributed by atoms with E-state index in [1.165, 1.54) is 0 Å². The summed E-state index contributed by atoms with van der Waals surface area (Å²) in [6.07, 6.45) is 0. The number of aromatic nitrogens is 1. The smallest absolute Gasteiger partial charge is 0.203 e. The summed E-state index contributed by atoms with van der Waals surface area (Å²) in [6, 6.07) is 28.1. The van der Waals surface area contributed by atoms with Crippen LogP contribution in [0.3, 0.4) is 0 Å². The van der Waals surface area contributed by atoms with Crippen molar-refractivity contribution in [1.29, 1.82) is 0 Å². The molecule has 0 aliphatic heterocycles. The maximum Gasteiger partial charge on any atom is 0.203 e. The maximum absolute atomic E-state index is 13.1. The lowest BCUT2D eigenvalue weighted by Gasteiger charge is -2.08. The number of rotatable bonds is 3. The molecule has 0 radical (unpaired) electrons. The topological polar surface area (TPSA) is 38.5 Å². The van der Waals surface area contributed by atoms with E-state index in [9.17, 15) is 9.59 Å². The Morgan fingerprint density at radius 2 is 1.33 bits per heavy atom. The summed E-state index contributed by atoms with van der Waals surface area (Å²) < 4.78 is 1.90. The third-order valence-corrected chi connectivity index (χ3v) is 4.96. The summed E-state index contributed by atoms with van der Waals surface area (Å²) in [5.41, 5.74) is 5.18. The predicted octanol–water partition coefficient (Wildman–Crippen LogP) is 4.79. The minimum absolute atomic E-state index is 0.0433. The third kappa shape index (κ3) is 2.36. The van der Waals surface area contributed by atoms with Gasteiger partial charge in [0.15, 0.2) is 5.78 Å². The number of carbonyl (C=O) groups is 1. The van der Waals surface area contributed by atoms with Gasteiger partial charge < -0.3 is 4.40 Å². The summed E-state index contributed by atoms with van der Waals surface area (Å²) in [6.45, 7) is 0. The van der Waals surface area contributed by atoms with Crippen LogP contribution in [-0.2, 0) is 0 Å². The normalized spacial score (nSPS) is 11.3. The average molecular weight is 349 g/mol. The van der Waals surface area contributed by atoms with Crippen LogP contribution in [0.25, 0.3) is 27.7 Å². The fraction of sp³-hybridized carbons (Fsp3) is 0. The number of nitrogens with zero attached hydrogens (tertiary/aromatic N) is 1. The summed E-state index contributed by atoms with van der Waals surface area (Å²) in [4.78, 5) is 25.9. The molecule has 0 bridgehead atoms. The van der Waals surface area contributed by atoms with Gasteiger partial charge >= 0.3 is 0 Å². The Kier molecular flexibility index (Phi) is 3.41. The van der Waals surface area contributed by atoms with Gasteiger partial charge in [0.1, 0.15) is 0 Å². The molecule has 128 valence electrons. The molecule has 3 nitrogen and oxygen atoms in total. The summed E-state index contributed by atoms with van der Waals surface area (Å²) >= 11 is 0.